The molecular formula is C24H27N3O4S. The van der Waals surface area contributed by atoms with E-state index in [2.05, 4.69) is 42.1 Å². The number of benzene rings is 1. The summed E-state index contributed by atoms with van der Waals surface area (Å²) in [6.45, 7) is 6.88. The van der Waals surface area contributed by atoms with E-state index in [4.69, 9.17) is 21.7 Å². The van der Waals surface area contributed by atoms with Crippen LogP contribution in [0, 0.1) is 5.92 Å². The highest BCUT2D eigenvalue weighted by atomic mass is 32.1. The number of methoxy groups -OCH3 is 2. The van der Waals surface area contributed by atoms with E-state index >= 15 is 0 Å². The van der Waals surface area contributed by atoms with E-state index in [0.29, 0.717) is 0 Å². The zero-order valence-corrected chi connectivity index (χ0v) is 19.3. The van der Waals surface area contributed by atoms with Gasteiger partial charge in [-0.25, -0.2) is 0 Å². The Bertz CT molecular complexity index is 1060. The highest BCUT2D eigenvalue weighted by Crippen LogP contribution is 2.44. The van der Waals surface area contributed by atoms with E-state index in [-0.39, 0.29) is 29.2 Å². The zero-order chi connectivity index (χ0) is 23.0. The Labute approximate surface area is 193 Å². The minimum atomic E-state index is -0.462. The van der Waals surface area contributed by atoms with Gasteiger partial charge in [0.05, 0.1) is 20.3 Å². The van der Waals surface area contributed by atoms with Crippen molar-refractivity contribution in [3.8, 4) is 11.5 Å². The molecule has 3 aliphatic rings. The molecule has 7 nitrogen and oxygen atoms in total. The number of fused-ring (bicyclic) bond motifs is 3. The van der Waals surface area contributed by atoms with Gasteiger partial charge >= 0.3 is 0 Å². The van der Waals surface area contributed by atoms with Crippen molar-refractivity contribution in [1.29, 1.82) is 0 Å². The Morgan fingerprint density at radius 3 is 2.66 bits per heavy atom. The van der Waals surface area contributed by atoms with Gasteiger partial charge in [-0.2, -0.15) is 0 Å². The summed E-state index contributed by atoms with van der Waals surface area (Å²) in [4.78, 5) is 29.0. The van der Waals surface area contributed by atoms with Gasteiger partial charge in [-0.15, -0.1) is 6.58 Å². The molecule has 0 bridgehead atoms. The Balaban J connectivity index is 1.66. The molecule has 1 N–H and O–H groups in total. The normalized spacial score (nSPS) is 23.9. The summed E-state index contributed by atoms with van der Waals surface area (Å²) in [6, 6.07) is 4.34. The standard InChI is InChI=1S/C24H27N3O4S/c1-5-7-27-23(29)18(22(28)25-24(27)32)10-16-13-26-8-6-15-11-20(30-3)21(31-4)12-17(15)19(26)9-14(16)2/h5,10-14,19H,1,6-9H2,2-4H3,(H,25,28,32)/t14-,19?/m1/s1. The van der Waals surface area contributed by atoms with Crippen molar-refractivity contribution in [3.63, 3.8) is 0 Å². The second kappa shape index (κ2) is 8.78. The summed E-state index contributed by atoms with van der Waals surface area (Å²) in [7, 11) is 3.29. The monoisotopic (exact) mass is 453 g/mol. The lowest BCUT2D eigenvalue weighted by molar-refractivity contribution is -0.128. The fourth-order valence-electron chi connectivity index (χ4n) is 4.59. The highest BCUT2D eigenvalue weighted by Gasteiger charge is 2.36. The summed E-state index contributed by atoms with van der Waals surface area (Å²) in [6.07, 6.45) is 7.11. The first-order valence-corrected chi connectivity index (χ1v) is 11.0. The molecule has 32 heavy (non-hydrogen) atoms. The van der Waals surface area contributed by atoms with Crippen molar-refractivity contribution in [2.24, 2.45) is 5.92 Å². The quantitative estimate of drug-likeness (QED) is 0.320. The average Bonchev–Trinajstić information content (AvgIpc) is 2.78. The molecule has 3 heterocycles. The van der Waals surface area contributed by atoms with Gasteiger partial charge in [0.15, 0.2) is 16.6 Å². The van der Waals surface area contributed by atoms with Crippen LogP contribution in [0.5, 0.6) is 11.5 Å². The fraction of sp³-hybridized carbons (Fsp3) is 0.375. The smallest absolute Gasteiger partial charge is 0.265 e. The van der Waals surface area contributed by atoms with Crippen LogP contribution in [0.25, 0.3) is 0 Å². The van der Waals surface area contributed by atoms with Gasteiger partial charge < -0.3 is 14.4 Å². The number of nitrogens with one attached hydrogen (secondary N) is 1. The molecule has 1 fully saturated rings. The number of carbonyl (C=O) groups is 2. The van der Waals surface area contributed by atoms with Crippen LogP contribution in [0.15, 0.2) is 48.2 Å². The van der Waals surface area contributed by atoms with Crippen molar-refractivity contribution in [1.82, 2.24) is 15.1 Å². The number of allylic oxidation sites excluding steroid dienone is 2. The first kappa shape index (κ1) is 22.1. The number of thiocarbonyl (C=S) groups is 1. The third-order valence-electron chi connectivity index (χ3n) is 6.31. The number of ether oxygens (including phenoxy) is 2. The predicted octanol–water partition coefficient (Wildman–Crippen LogP) is 2.88. The number of carbonyl (C=O) groups excluding carboxylic acids is 2. The third-order valence-corrected chi connectivity index (χ3v) is 6.64. The third kappa shape index (κ3) is 3.79. The minimum Gasteiger partial charge on any atom is -0.493 e. The minimum absolute atomic E-state index is 0.0980. The number of hydrogen-bond acceptors (Lipinski definition) is 6. The predicted molar refractivity (Wildman–Crippen MR) is 125 cm³/mol. The average molecular weight is 454 g/mol. The van der Waals surface area contributed by atoms with Gasteiger partial charge in [0, 0.05) is 19.3 Å². The van der Waals surface area contributed by atoms with E-state index < -0.39 is 11.8 Å². The van der Waals surface area contributed by atoms with Gasteiger partial charge in [-0.05, 0) is 65.9 Å². The van der Waals surface area contributed by atoms with Crippen LogP contribution in [-0.2, 0) is 16.0 Å². The Morgan fingerprint density at radius 2 is 1.97 bits per heavy atom. The largest absolute Gasteiger partial charge is 0.493 e. The van der Waals surface area contributed by atoms with E-state index in [1.165, 1.54) is 16.0 Å². The molecule has 0 aliphatic carbocycles. The Morgan fingerprint density at radius 1 is 1.25 bits per heavy atom. The molecule has 0 saturated carbocycles. The van der Waals surface area contributed by atoms with E-state index in [9.17, 15) is 9.59 Å². The van der Waals surface area contributed by atoms with Gasteiger partial charge in [0.2, 0.25) is 0 Å². The molecule has 4 rings (SSSR count). The number of rotatable bonds is 5. The van der Waals surface area contributed by atoms with Crippen LogP contribution in [0.3, 0.4) is 0 Å². The van der Waals surface area contributed by atoms with Crippen molar-refractivity contribution >= 4 is 29.1 Å². The SMILES string of the molecule is C=CCN1C(=O)C(=CC2=CN3CCc4cc(OC)c(OC)cc4C3C[C@H]2C)C(=O)NC1=S. The molecule has 0 spiro atoms. The van der Waals surface area contributed by atoms with Crippen molar-refractivity contribution in [3.05, 3.63) is 59.3 Å². The second-order valence-corrected chi connectivity index (χ2v) is 8.58. The molecule has 1 aromatic carbocycles. The highest BCUT2D eigenvalue weighted by molar-refractivity contribution is 7.80. The molecule has 1 aromatic rings. The Hall–Kier alpha value is -3.13. The Kier molecular flexibility index (Phi) is 6.06. The van der Waals surface area contributed by atoms with E-state index in [0.717, 1.165) is 36.5 Å². The first-order valence-electron chi connectivity index (χ1n) is 10.6. The summed E-state index contributed by atoms with van der Waals surface area (Å²) >= 11 is 5.14. The lowest BCUT2D eigenvalue weighted by atomic mass is 9.81. The molecule has 8 heteroatoms. The lowest BCUT2D eigenvalue weighted by Crippen LogP contribution is -2.54. The number of nitrogens with zero attached hydrogens (tertiary/aromatic N) is 2. The lowest BCUT2D eigenvalue weighted by Gasteiger charge is -2.42. The van der Waals surface area contributed by atoms with Gasteiger partial charge in [-0.1, -0.05) is 13.0 Å². The van der Waals surface area contributed by atoms with Crippen LogP contribution in [0.2, 0.25) is 0 Å². The van der Waals surface area contributed by atoms with Crippen LogP contribution >= 0.6 is 12.2 Å². The van der Waals surface area contributed by atoms with Crippen LogP contribution in [-0.4, -0.2) is 54.0 Å². The summed E-state index contributed by atoms with van der Waals surface area (Å²) in [5.41, 5.74) is 3.55. The van der Waals surface area contributed by atoms with Crippen LogP contribution in [0.4, 0.5) is 0 Å². The summed E-state index contributed by atoms with van der Waals surface area (Å²) in [5, 5.41) is 2.72. The molecule has 1 unspecified atom stereocenters. The maximum atomic E-state index is 12.9. The van der Waals surface area contributed by atoms with Crippen molar-refractivity contribution < 1.29 is 19.1 Å². The van der Waals surface area contributed by atoms with Gasteiger partial charge in [0.1, 0.15) is 5.57 Å². The van der Waals surface area contributed by atoms with E-state index in [1.807, 2.05) is 0 Å². The van der Waals surface area contributed by atoms with Gasteiger partial charge in [-0.3, -0.25) is 19.8 Å². The molecule has 168 valence electrons. The topological polar surface area (TPSA) is 71.1 Å². The molecule has 0 radical (unpaired) electrons. The number of amides is 2. The molecule has 3 aliphatic heterocycles. The zero-order valence-electron chi connectivity index (χ0n) is 18.5. The fourth-order valence-corrected chi connectivity index (χ4v) is 4.84. The van der Waals surface area contributed by atoms with Crippen LogP contribution in [0.1, 0.15) is 30.5 Å². The summed E-state index contributed by atoms with van der Waals surface area (Å²) in [5.74, 6) is 0.768. The molecule has 0 aromatic heterocycles. The van der Waals surface area contributed by atoms with E-state index in [1.54, 1.807) is 26.4 Å². The second-order valence-electron chi connectivity index (χ2n) is 8.20. The first-order chi connectivity index (χ1) is 15.4. The van der Waals surface area contributed by atoms with Crippen molar-refractivity contribution in [2.75, 3.05) is 27.3 Å². The molecular weight excluding hydrogens is 426 g/mol. The number of hydrogen-bond donors (Lipinski definition) is 1. The maximum absolute atomic E-state index is 12.9. The molecule has 2 atom stereocenters. The van der Waals surface area contributed by atoms with Gasteiger partial charge in [0.25, 0.3) is 11.8 Å². The summed E-state index contributed by atoms with van der Waals surface area (Å²) < 4.78 is 11.0. The maximum Gasteiger partial charge on any atom is 0.265 e. The molecule has 1 saturated heterocycles. The van der Waals surface area contributed by atoms with Crippen LogP contribution < -0.4 is 14.8 Å². The van der Waals surface area contributed by atoms with Crippen molar-refractivity contribution in [2.45, 2.75) is 25.8 Å². The molecule has 2 amide bonds.